The fourth-order valence-corrected chi connectivity index (χ4v) is 1.68. The Hall–Kier alpha value is -1.53. The Bertz CT molecular complexity index is 495. The Morgan fingerprint density at radius 3 is 2.39 bits per heavy atom. The molecule has 0 saturated heterocycles. The van der Waals surface area contributed by atoms with E-state index in [-0.39, 0.29) is 22.5 Å². The molecule has 0 aliphatic heterocycles. The lowest BCUT2D eigenvalue weighted by molar-refractivity contribution is -0.146. The Morgan fingerprint density at radius 1 is 1.33 bits per heavy atom. The summed E-state index contributed by atoms with van der Waals surface area (Å²) in [6, 6.07) is 3.86. The number of aldehydes is 1. The molecule has 2 atom stereocenters. The lowest BCUT2D eigenvalue weighted by Gasteiger charge is -2.10. The minimum Gasteiger partial charge on any atom is -0.479 e. The van der Waals surface area contributed by atoms with E-state index in [4.69, 9.17) is 5.11 Å². The van der Waals surface area contributed by atoms with Crippen LogP contribution in [-0.4, -0.2) is 33.1 Å². The number of rotatable bonds is 5. The molecule has 2 unspecified atom stereocenters. The Morgan fingerprint density at radius 2 is 1.94 bits per heavy atom. The monoisotopic (exact) mass is 314 g/mol. The lowest BCUT2D eigenvalue weighted by Crippen LogP contribution is -2.14. The number of aliphatic hydroxyl groups is 1. The molecule has 0 heterocycles. The molecule has 1 rings (SSSR count). The van der Waals surface area contributed by atoms with Gasteiger partial charge >= 0.3 is 5.97 Å². The molecule has 1 aromatic carbocycles. The number of hydrogen-bond acceptors (Lipinski definition) is 4. The number of carbonyl (C=O) groups excluding carboxylic acids is 2. The summed E-state index contributed by atoms with van der Waals surface area (Å²) < 4.78 is 0. The molecule has 0 spiro atoms. The summed E-state index contributed by atoms with van der Waals surface area (Å²) in [4.78, 5) is 32.7. The zero-order chi connectivity index (χ0) is 13.9. The van der Waals surface area contributed by atoms with Gasteiger partial charge in [-0.3, -0.25) is 9.59 Å². The van der Waals surface area contributed by atoms with Gasteiger partial charge in [0.15, 0.2) is 11.9 Å². The van der Waals surface area contributed by atoms with Crippen molar-refractivity contribution in [2.24, 2.45) is 0 Å². The van der Waals surface area contributed by atoms with Crippen LogP contribution in [0.5, 0.6) is 0 Å². The number of alkyl halides is 1. The molecular weight excluding hydrogens is 304 g/mol. The maximum absolute atomic E-state index is 11.8. The summed E-state index contributed by atoms with van der Waals surface area (Å²) in [5.74, 6) is -1.74. The number of carboxylic acids is 1. The van der Waals surface area contributed by atoms with Crippen molar-refractivity contribution >= 4 is 34.0 Å². The third-order valence-corrected chi connectivity index (χ3v) is 2.73. The highest BCUT2D eigenvalue weighted by Gasteiger charge is 2.20. The maximum Gasteiger partial charge on any atom is 0.337 e. The molecule has 18 heavy (non-hydrogen) atoms. The van der Waals surface area contributed by atoms with Gasteiger partial charge in [0.25, 0.3) is 0 Å². The average Bonchev–Trinajstić information content (AvgIpc) is 2.35. The molecule has 0 radical (unpaired) electrons. The van der Waals surface area contributed by atoms with Gasteiger partial charge in [-0.1, -0.05) is 15.9 Å². The van der Waals surface area contributed by atoms with Crippen LogP contribution in [0.15, 0.2) is 18.2 Å². The van der Waals surface area contributed by atoms with Crippen molar-refractivity contribution in [2.75, 3.05) is 0 Å². The van der Waals surface area contributed by atoms with Crippen LogP contribution in [0.1, 0.15) is 39.3 Å². The molecule has 0 amide bonds. The SMILES string of the molecule is CC(Br)C(=O)c1cc(C=O)cc(C(O)C(=O)O)c1. The predicted molar refractivity (Wildman–Crippen MR) is 67.1 cm³/mol. The molecule has 0 aromatic heterocycles. The normalized spacial score (nSPS) is 13.7. The number of aliphatic hydroxyl groups excluding tert-OH is 1. The second-order valence-electron chi connectivity index (χ2n) is 3.73. The molecule has 0 aliphatic carbocycles. The molecule has 1 aromatic rings. The third kappa shape index (κ3) is 3.24. The minimum absolute atomic E-state index is 0.00333. The third-order valence-electron chi connectivity index (χ3n) is 2.31. The van der Waals surface area contributed by atoms with Crippen molar-refractivity contribution in [3.8, 4) is 0 Å². The molecule has 0 bridgehead atoms. The maximum atomic E-state index is 11.8. The first kappa shape index (κ1) is 14.5. The smallest absolute Gasteiger partial charge is 0.337 e. The van der Waals surface area contributed by atoms with E-state index < -0.39 is 16.9 Å². The van der Waals surface area contributed by atoms with E-state index in [2.05, 4.69) is 15.9 Å². The highest BCUT2D eigenvalue weighted by molar-refractivity contribution is 9.10. The van der Waals surface area contributed by atoms with Crippen LogP contribution in [0.25, 0.3) is 0 Å². The van der Waals surface area contributed by atoms with Crippen LogP contribution in [0.2, 0.25) is 0 Å². The van der Waals surface area contributed by atoms with E-state index in [1.807, 2.05) is 0 Å². The van der Waals surface area contributed by atoms with Gasteiger partial charge in [0.1, 0.15) is 6.29 Å². The summed E-state index contributed by atoms with van der Waals surface area (Å²) in [5, 5.41) is 18.1. The molecule has 2 N–H and O–H groups in total. The summed E-state index contributed by atoms with van der Waals surface area (Å²) in [6.07, 6.45) is -1.27. The van der Waals surface area contributed by atoms with Crippen LogP contribution >= 0.6 is 15.9 Å². The number of Topliss-reactive ketones (excluding diaryl/α,β-unsaturated/α-hetero) is 1. The number of aliphatic carboxylic acids is 1. The first-order chi connectivity index (χ1) is 8.36. The minimum atomic E-state index is -1.76. The Kier molecular flexibility index (Phi) is 4.75. The Labute approximate surface area is 112 Å². The van der Waals surface area contributed by atoms with Crippen molar-refractivity contribution < 1.29 is 24.6 Å². The quantitative estimate of drug-likeness (QED) is 0.489. The van der Waals surface area contributed by atoms with Crippen molar-refractivity contribution in [3.63, 3.8) is 0 Å². The summed E-state index contributed by atoms with van der Waals surface area (Å²) >= 11 is 3.10. The van der Waals surface area contributed by atoms with E-state index >= 15 is 0 Å². The first-order valence-corrected chi connectivity index (χ1v) is 5.97. The summed E-state index contributed by atoms with van der Waals surface area (Å²) in [6.45, 7) is 1.61. The van der Waals surface area contributed by atoms with E-state index in [0.717, 1.165) is 0 Å². The zero-order valence-electron chi connectivity index (χ0n) is 9.46. The van der Waals surface area contributed by atoms with Crippen molar-refractivity contribution in [2.45, 2.75) is 17.9 Å². The highest BCUT2D eigenvalue weighted by Crippen LogP contribution is 2.19. The molecule has 0 saturated carbocycles. The number of carbonyl (C=O) groups is 3. The topological polar surface area (TPSA) is 91.7 Å². The second-order valence-corrected chi connectivity index (χ2v) is 5.10. The Balaban J connectivity index is 3.29. The van der Waals surface area contributed by atoms with E-state index in [0.29, 0.717) is 6.29 Å². The van der Waals surface area contributed by atoms with Crippen molar-refractivity contribution in [3.05, 3.63) is 34.9 Å². The fraction of sp³-hybridized carbons (Fsp3) is 0.250. The second kappa shape index (κ2) is 5.88. The number of halogens is 1. The number of carboxylic acid groups (broad SMARTS) is 1. The van der Waals surface area contributed by atoms with Crippen LogP contribution in [0, 0.1) is 0 Å². The van der Waals surface area contributed by atoms with Gasteiger partial charge in [-0.15, -0.1) is 0 Å². The van der Waals surface area contributed by atoms with E-state index in [9.17, 15) is 19.5 Å². The number of benzene rings is 1. The van der Waals surface area contributed by atoms with E-state index in [1.165, 1.54) is 18.2 Å². The summed E-state index contributed by atoms with van der Waals surface area (Å²) in [5.41, 5.74) is 0.326. The van der Waals surface area contributed by atoms with E-state index in [1.54, 1.807) is 6.92 Å². The van der Waals surface area contributed by atoms with Gasteiger partial charge in [-0.25, -0.2) is 4.79 Å². The van der Waals surface area contributed by atoms with Crippen LogP contribution < -0.4 is 0 Å². The van der Waals surface area contributed by atoms with Gasteiger partial charge < -0.3 is 10.2 Å². The van der Waals surface area contributed by atoms with Gasteiger partial charge in [-0.05, 0) is 30.7 Å². The fourth-order valence-electron chi connectivity index (χ4n) is 1.42. The van der Waals surface area contributed by atoms with Gasteiger partial charge in [-0.2, -0.15) is 0 Å². The lowest BCUT2D eigenvalue weighted by atomic mass is 9.99. The zero-order valence-corrected chi connectivity index (χ0v) is 11.0. The average molecular weight is 315 g/mol. The summed E-state index contributed by atoms with van der Waals surface area (Å²) in [7, 11) is 0. The standard InChI is InChI=1S/C12H11BrO5/c1-6(13)10(15)8-2-7(5-14)3-9(4-8)11(16)12(17)18/h2-6,11,16H,1H3,(H,17,18). The van der Waals surface area contributed by atoms with Crippen LogP contribution in [0.3, 0.4) is 0 Å². The number of ketones is 1. The predicted octanol–water partition coefficient (Wildman–Crippen LogP) is 1.58. The van der Waals surface area contributed by atoms with Crippen LogP contribution in [0.4, 0.5) is 0 Å². The van der Waals surface area contributed by atoms with Crippen molar-refractivity contribution in [1.29, 1.82) is 0 Å². The van der Waals surface area contributed by atoms with Gasteiger partial charge in [0, 0.05) is 11.1 Å². The molecular formula is C12H11BrO5. The molecule has 0 fully saturated rings. The molecule has 5 nitrogen and oxygen atoms in total. The van der Waals surface area contributed by atoms with Gasteiger partial charge in [0.2, 0.25) is 0 Å². The molecule has 96 valence electrons. The molecule has 0 aliphatic rings. The highest BCUT2D eigenvalue weighted by atomic mass is 79.9. The number of hydrogen-bond donors (Lipinski definition) is 2. The largest absolute Gasteiger partial charge is 0.479 e. The van der Waals surface area contributed by atoms with Crippen molar-refractivity contribution in [1.82, 2.24) is 0 Å². The molecule has 6 heteroatoms. The van der Waals surface area contributed by atoms with Gasteiger partial charge in [0.05, 0.1) is 4.83 Å². The first-order valence-electron chi connectivity index (χ1n) is 5.06. The van der Waals surface area contributed by atoms with Crippen LogP contribution in [-0.2, 0) is 4.79 Å².